The fraction of sp³-hybridized carbons (Fsp3) is 0.524. The Morgan fingerprint density at radius 2 is 1.71 bits per heavy atom. The van der Waals surface area contributed by atoms with E-state index in [9.17, 15) is 4.79 Å². The first-order valence-electron chi connectivity index (χ1n) is 10.9. The Kier molecular flexibility index (Phi) is 5.13. The average Bonchev–Trinajstić information content (AvgIpc) is 3.48. The standard InChI is InChI=1S/C21H27N9O/c1-27(2)17-6-5-16(22-23-17)21(31)29-13-9-15(10-14-29)20-25-24-18-7-8-19(26-30(18)20)28-11-3-4-12-28/h5-8,15H,3-4,9-14H2,1-2H3. The molecule has 2 aliphatic heterocycles. The van der Waals surface area contributed by atoms with Gasteiger partial charge in [0.2, 0.25) is 0 Å². The first kappa shape index (κ1) is 19.7. The highest BCUT2D eigenvalue weighted by molar-refractivity contribution is 5.92. The van der Waals surface area contributed by atoms with E-state index in [4.69, 9.17) is 5.10 Å². The molecule has 1 amide bonds. The van der Waals surface area contributed by atoms with Gasteiger partial charge in [-0.15, -0.1) is 25.5 Å². The van der Waals surface area contributed by atoms with Crippen LogP contribution in [0.1, 0.15) is 47.9 Å². The van der Waals surface area contributed by atoms with Gasteiger partial charge in [0.25, 0.3) is 5.91 Å². The third-order valence-corrected chi connectivity index (χ3v) is 6.18. The zero-order valence-corrected chi connectivity index (χ0v) is 18.0. The Bertz CT molecular complexity index is 1060. The molecule has 0 saturated carbocycles. The summed E-state index contributed by atoms with van der Waals surface area (Å²) in [6.45, 7) is 3.41. The van der Waals surface area contributed by atoms with E-state index in [1.807, 2.05) is 46.6 Å². The van der Waals surface area contributed by atoms with Crippen molar-refractivity contribution in [2.45, 2.75) is 31.6 Å². The van der Waals surface area contributed by atoms with Crippen LogP contribution < -0.4 is 9.80 Å². The molecule has 162 valence electrons. The molecule has 0 spiro atoms. The molecular weight excluding hydrogens is 394 g/mol. The monoisotopic (exact) mass is 421 g/mol. The molecule has 2 fully saturated rings. The van der Waals surface area contributed by atoms with Gasteiger partial charge in [-0.3, -0.25) is 4.79 Å². The van der Waals surface area contributed by atoms with Gasteiger partial charge >= 0.3 is 0 Å². The van der Waals surface area contributed by atoms with Crippen molar-refractivity contribution in [2.24, 2.45) is 0 Å². The van der Waals surface area contributed by atoms with Crippen molar-refractivity contribution in [1.82, 2.24) is 34.9 Å². The predicted octanol–water partition coefficient (Wildman–Crippen LogP) is 1.60. The van der Waals surface area contributed by atoms with Gasteiger partial charge < -0.3 is 14.7 Å². The second kappa shape index (κ2) is 8.09. The Morgan fingerprint density at radius 3 is 2.39 bits per heavy atom. The number of rotatable bonds is 4. The number of anilines is 2. The SMILES string of the molecule is CN(C)c1ccc(C(=O)N2CCC(c3nnc4ccc(N5CCCC5)nn34)CC2)nn1. The molecule has 2 saturated heterocycles. The summed E-state index contributed by atoms with van der Waals surface area (Å²) in [6.07, 6.45) is 4.07. The van der Waals surface area contributed by atoms with Crippen molar-refractivity contribution in [1.29, 1.82) is 0 Å². The Morgan fingerprint density at radius 1 is 0.935 bits per heavy atom. The Labute approximate surface area is 180 Å². The van der Waals surface area contributed by atoms with E-state index in [-0.39, 0.29) is 11.8 Å². The normalized spacial score (nSPS) is 17.5. The molecule has 10 nitrogen and oxygen atoms in total. The van der Waals surface area contributed by atoms with Crippen LogP contribution in [0.3, 0.4) is 0 Å². The number of nitrogens with zero attached hydrogens (tertiary/aromatic N) is 9. The summed E-state index contributed by atoms with van der Waals surface area (Å²) in [5, 5.41) is 21.8. The second-order valence-corrected chi connectivity index (χ2v) is 8.45. The molecule has 0 aromatic carbocycles. The highest BCUT2D eigenvalue weighted by Gasteiger charge is 2.29. The summed E-state index contributed by atoms with van der Waals surface area (Å²) in [5.41, 5.74) is 1.15. The smallest absolute Gasteiger partial charge is 0.274 e. The van der Waals surface area contributed by atoms with Crippen molar-refractivity contribution in [3.63, 3.8) is 0 Å². The zero-order valence-electron chi connectivity index (χ0n) is 18.0. The number of aromatic nitrogens is 6. The zero-order chi connectivity index (χ0) is 21.4. The van der Waals surface area contributed by atoms with E-state index < -0.39 is 0 Å². The van der Waals surface area contributed by atoms with Crippen LogP contribution >= 0.6 is 0 Å². The van der Waals surface area contributed by atoms with Crippen LogP contribution in [0.4, 0.5) is 11.6 Å². The number of hydrogen-bond acceptors (Lipinski definition) is 8. The summed E-state index contributed by atoms with van der Waals surface area (Å²) in [7, 11) is 3.79. The van der Waals surface area contributed by atoms with Gasteiger partial charge in [0.15, 0.2) is 23.0 Å². The van der Waals surface area contributed by atoms with Gasteiger partial charge in [-0.2, -0.15) is 4.52 Å². The maximum atomic E-state index is 12.8. The second-order valence-electron chi connectivity index (χ2n) is 8.45. The van der Waals surface area contributed by atoms with Gasteiger partial charge in [0, 0.05) is 46.2 Å². The van der Waals surface area contributed by atoms with Crippen molar-refractivity contribution < 1.29 is 4.79 Å². The molecule has 0 radical (unpaired) electrons. The number of piperidine rings is 1. The quantitative estimate of drug-likeness (QED) is 0.627. The van der Waals surface area contributed by atoms with E-state index in [2.05, 4.69) is 25.3 Å². The van der Waals surface area contributed by atoms with Crippen molar-refractivity contribution >= 4 is 23.2 Å². The molecule has 0 bridgehead atoms. The fourth-order valence-corrected chi connectivity index (χ4v) is 4.35. The molecule has 0 unspecified atom stereocenters. The summed E-state index contributed by atoms with van der Waals surface area (Å²) in [6, 6.07) is 7.58. The third kappa shape index (κ3) is 3.77. The molecule has 3 aromatic rings. The van der Waals surface area contributed by atoms with Crippen LogP contribution in [0, 0.1) is 0 Å². The van der Waals surface area contributed by atoms with Gasteiger partial charge in [-0.25, -0.2) is 0 Å². The predicted molar refractivity (Wildman–Crippen MR) is 116 cm³/mol. The molecular formula is C21H27N9O. The third-order valence-electron chi connectivity index (χ3n) is 6.18. The lowest BCUT2D eigenvalue weighted by atomic mass is 9.96. The molecule has 0 N–H and O–H groups in total. The van der Waals surface area contributed by atoms with Crippen LogP contribution in [-0.4, -0.2) is 81.1 Å². The molecule has 2 aliphatic rings. The first-order chi connectivity index (χ1) is 15.1. The van der Waals surface area contributed by atoms with Crippen LogP contribution in [0.2, 0.25) is 0 Å². The van der Waals surface area contributed by atoms with Crippen LogP contribution in [0.5, 0.6) is 0 Å². The molecule has 5 heterocycles. The number of hydrogen-bond donors (Lipinski definition) is 0. The highest BCUT2D eigenvalue weighted by atomic mass is 16.2. The summed E-state index contributed by atoms with van der Waals surface area (Å²) in [5.74, 6) is 2.76. The molecule has 5 rings (SSSR count). The van der Waals surface area contributed by atoms with Crippen molar-refractivity contribution in [3.8, 4) is 0 Å². The summed E-state index contributed by atoms with van der Waals surface area (Å²) in [4.78, 5) is 18.9. The minimum absolute atomic E-state index is 0.0724. The number of amides is 1. The lowest BCUT2D eigenvalue weighted by molar-refractivity contribution is 0.0703. The lowest BCUT2D eigenvalue weighted by Gasteiger charge is -2.30. The maximum absolute atomic E-state index is 12.8. The molecule has 31 heavy (non-hydrogen) atoms. The van der Waals surface area contributed by atoms with E-state index >= 15 is 0 Å². The van der Waals surface area contributed by atoms with E-state index in [0.29, 0.717) is 18.8 Å². The minimum Gasteiger partial charge on any atom is -0.361 e. The number of likely N-dealkylation sites (tertiary alicyclic amines) is 1. The van der Waals surface area contributed by atoms with Gasteiger partial charge in [0.05, 0.1) is 0 Å². The molecule has 0 atom stereocenters. The molecule has 0 aliphatic carbocycles. The summed E-state index contributed by atoms with van der Waals surface area (Å²) >= 11 is 0. The highest BCUT2D eigenvalue weighted by Crippen LogP contribution is 2.28. The Hall–Kier alpha value is -3.30. The molecule has 10 heteroatoms. The first-order valence-corrected chi connectivity index (χ1v) is 10.9. The van der Waals surface area contributed by atoms with Crippen molar-refractivity contribution in [2.75, 3.05) is 50.1 Å². The van der Waals surface area contributed by atoms with Gasteiger partial charge in [0.1, 0.15) is 5.82 Å². The minimum atomic E-state index is -0.0724. The topological polar surface area (TPSA) is 95.7 Å². The van der Waals surface area contributed by atoms with Crippen LogP contribution in [0.15, 0.2) is 24.3 Å². The lowest BCUT2D eigenvalue weighted by Crippen LogP contribution is -2.38. The van der Waals surface area contributed by atoms with E-state index in [0.717, 1.165) is 49.0 Å². The van der Waals surface area contributed by atoms with Crippen LogP contribution in [0.25, 0.3) is 5.65 Å². The average molecular weight is 422 g/mol. The fourth-order valence-electron chi connectivity index (χ4n) is 4.35. The van der Waals surface area contributed by atoms with Crippen molar-refractivity contribution in [3.05, 3.63) is 35.8 Å². The van der Waals surface area contributed by atoms with E-state index in [1.54, 1.807) is 6.07 Å². The van der Waals surface area contributed by atoms with Gasteiger partial charge in [-0.1, -0.05) is 0 Å². The Balaban J connectivity index is 1.28. The number of carbonyl (C=O) groups is 1. The number of carbonyl (C=O) groups excluding carboxylic acids is 1. The summed E-state index contributed by atoms with van der Waals surface area (Å²) < 4.78 is 1.89. The maximum Gasteiger partial charge on any atom is 0.274 e. The number of fused-ring (bicyclic) bond motifs is 1. The largest absolute Gasteiger partial charge is 0.361 e. The van der Waals surface area contributed by atoms with E-state index in [1.165, 1.54) is 12.8 Å². The van der Waals surface area contributed by atoms with Crippen LogP contribution in [-0.2, 0) is 0 Å². The van der Waals surface area contributed by atoms with Gasteiger partial charge in [-0.05, 0) is 49.9 Å². The molecule has 3 aromatic heterocycles.